The highest BCUT2D eigenvalue weighted by Gasteiger charge is 2.18. The number of aromatic nitrogens is 2. The highest BCUT2D eigenvalue weighted by atomic mass is 35.5. The van der Waals surface area contributed by atoms with Crippen molar-refractivity contribution >= 4 is 28.9 Å². The second-order valence-corrected chi connectivity index (χ2v) is 6.09. The molecule has 0 bridgehead atoms. The molecule has 2 aromatic carbocycles. The average Bonchev–Trinajstić information content (AvgIpc) is 3.00. The van der Waals surface area contributed by atoms with Gasteiger partial charge in [-0.1, -0.05) is 23.7 Å². The largest absolute Gasteiger partial charge is 0.493 e. The molecule has 0 aliphatic rings. The number of nitrogens with one attached hydrogen (secondary N) is 1. The number of non-ortho nitro benzene ring substituents is 1. The fraction of sp³-hybridized carbons (Fsp3) is 0.111. The summed E-state index contributed by atoms with van der Waals surface area (Å²) in [6, 6.07) is 10.8. The molecule has 144 valence electrons. The first kappa shape index (κ1) is 19.2. The number of aryl methyl sites for hydroxylation is 1. The first-order chi connectivity index (χ1) is 13.4. The Bertz CT molecular complexity index is 1050. The summed E-state index contributed by atoms with van der Waals surface area (Å²) in [6.07, 6.45) is 1.47. The van der Waals surface area contributed by atoms with Crippen molar-refractivity contribution in [1.29, 1.82) is 0 Å². The molecule has 1 amide bonds. The lowest BCUT2D eigenvalue weighted by atomic mass is 10.2. The van der Waals surface area contributed by atoms with Gasteiger partial charge in [0.15, 0.2) is 17.2 Å². The maximum Gasteiger partial charge on any atom is 0.277 e. The van der Waals surface area contributed by atoms with E-state index in [2.05, 4.69) is 10.4 Å². The third-order valence-electron chi connectivity index (χ3n) is 3.66. The zero-order valence-corrected chi connectivity index (χ0v) is 15.6. The van der Waals surface area contributed by atoms with Crippen molar-refractivity contribution in [1.82, 2.24) is 9.78 Å². The molecule has 3 rings (SSSR count). The molecular weight excluding hydrogens is 388 g/mol. The Labute approximate surface area is 164 Å². The number of benzene rings is 2. The van der Waals surface area contributed by atoms with Crippen LogP contribution in [-0.2, 0) is 7.05 Å². The molecule has 0 spiro atoms. The summed E-state index contributed by atoms with van der Waals surface area (Å²) in [4.78, 5) is 23.1. The van der Waals surface area contributed by atoms with Gasteiger partial charge >= 0.3 is 0 Å². The zero-order chi connectivity index (χ0) is 20.3. The molecular formula is C18H15ClN4O5. The van der Waals surface area contributed by atoms with Gasteiger partial charge in [0.25, 0.3) is 11.6 Å². The number of anilines is 1. The molecule has 0 unspecified atom stereocenters. The number of amides is 1. The third kappa shape index (κ3) is 4.21. The fourth-order valence-electron chi connectivity index (χ4n) is 2.45. The number of nitrogens with zero attached hydrogens (tertiary/aromatic N) is 3. The van der Waals surface area contributed by atoms with E-state index < -0.39 is 10.8 Å². The Kier molecular flexibility index (Phi) is 5.46. The van der Waals surface area contributed by atoms with Gasteiger partial charge < -0.3 is 14.8 Å². The van der Waals surface area contributed by atoms with Crippen molar-refractivity contribution < 1.29 is 19.2 Å². The molecule has 9 nitrogen and oxygen atoms in total. The number of hydrogen-bond donors (Lipinski definition) is 1. The number of halogens is 1. The predicted molar refractivity (Wildman–Crippen MR) is 102 cm³/mol. The van der Waals surface area contributed by atoms with Gasteiger partial charge in [-0.2, -0.15) is 5.10 Å². The van der Waals surface area contributed by atoms with Crippen molar-refractivity contribution in [3.63, 3.8) is 0 Å². The van der Waals surface area contributed by atoms with Crippen LogP contribution >= 0.6 is 11.6 Å². The first-order valence-electron chi connectivity index (χ1n) is 7.98. The standard InChI is InChI=1S/C18H15ClN4O5/c1-22-10-14(19)17(21-22)18(24)20-11-7-12(23(25)26)9-13(8-11)28-16-6-4-3-5-15(16)27-2/h3-10H,1-2H3,(H,20,24). The predicted octanol–water partition coefficient (Wildman–Crippen LogP) is 4.03. The van der Waals surface area contributed by atoms with Gasteiger partial charge in [-0.05, 0) is 12.1 Å². The lowest BCUT2D eigenvalue weighted by molar-refractivity contribution is -0.384. The number of ether oxygens (including phenoxy) is 2. The van der Waals surface area contributed by atoms with Crippen LogP contribution in [0.5, 0.6) is 17.2 Å². The smallest absolute Gasteiger partial charge is 0.277 e. The molecule has 1 aromatic heterocycles. The van der Waals surface area contributed by atoms with Crippen LogP contribution in [0.4, 0.5) is 11.4 Å². The molecule has 1 heterocycles. The van der Waals surface area contributed by atoms with E-state index in [1.165, 1.54) is 36.2 Å². The minimum atomic E-state index is -0.602. The highest BCUT2D eigenvalue weighted by molar-refractivity contribution is 6.34. The van der Waals surface area contributed by atoms with Gasteiger partial charge in [-0.25, -0.2) is 0 Å². The highest BCUT2D eigenvalue weighted by Crippen LogP contribution is 2.34. The van der Waals surface area contributed by atoms with Gasteiger partial charge in [0.2, 0.25) is 0 Å². The van der Waals surface area contributed by atoms with Crippen LogP contribution in [0.2, 0.25) is 5.02 Å². The van der Waals surface area contributed by atoms with Crippen LogP contribution in [0.15, 0.2) is 48.7 Å². The van der Waals surface area contributed by atoms with Crippen LogP contribution < -0.4 is 14.8 Å². The molecule has 10 heteroatoms. The van der Waals surface area contributed by atoms with Crippen LogP contribution in [0.3, 0.4) is 0 Å². The molecule has 0 atom stereocenters. The number of hydrogen-bond acceptors (Lipinski definition) is 6. The Balaban J connectivity index is 1.92. The monoisotopic (exact) mass is 402 g/mol. The van der Waals surface area contributed by atoms with Crippen molar-refractivity contribution in [2.75, 3.05) is 12.4 Å². The first-order valence-corrected chi connectivity index (χ1v) is 8.36. The van der Waals surface area contributed by atoms with E-state index in [1.54, 1.807) is 31.3 Å². The third-order valence-corrected chi connectivity index (χ3v) is 3.93. The summed E-state index contributed by atoms with van der Waals surface area (Å²) < 4.78 is 12.3. The summed E-state index contributed by atoms with van der Waals surface area (Å²) in [6.45, 7) is 0. The van der Waals surface area contributed by atoms with Crippen LogP contribution in [0, 0.1) is 10.1 Å². The topological polar surface area (TPSA) is 109 Å². The summed E-state index contributed by atoms with van der Waals surface area (Å²) in [5.74, 6) is 0.380. The van der Waals surface area contributed by atoms with Gasteiger partial charge in [-0.15, -0.1) is 0 Å². The van der Waals surface area contributed by atoms with Gasteiger partial charge in [0, 0.05) is 25.4 Å². The summed E-state index contributed by atoms with van der Waals surface area (Å²) in [5.41, 5.74) is -0.0940. The van der Waals surface area contributed by atoms with Crippen LogP contribution in [0.1, 0.15) is 10.5 Å². The molecule has 0 fully saturated rings. The molecule has 0 saturated carbocycles. The van der Waals surface area contributed by atoms with E-state index in [4.69, 9.17) is 21.1 Å². The summed E-state index contributed by atoms with van der Waals surface area (Å²) in [5, 5.41) is 17.9. The van der Waals surface area contributed by atoms with Crippen LogP contribution in [0.25, 0.3) is 0 Å². The van der Waals surface area contributed by atoms with E-state index in [1.807, 2.05) is 0 Å². The van der Waals surface area contributed by atoms with Crippen molar-refractivity contribution in [3.05, 3.63) is 69.5 Å². The number of nitro groups is 1. The van der Waals surface area contributed by atoms with Crippen LogP contribution in [-0.4, -0.2) is 27.7 Å². The second-order valence-electron chi connectivity index (χ2n) is 5.68. The Morgan fingerprint density at radius 3 is 2.57 bits per heavy atom. The number of carbonyl (C=O) groups is 1. The summed E-state index contributed by atoms with van der Waals surface area (Å²) >= 11 is 5.97. The van der Waals surface area contributed by atoms with Gasteiger partial charge in [0.1, 0.15) is 5.75 Å². The number of rotatable bonds is 6. The minimum Gasteiger partial charge on any atom is -0.493 e. The number of para-hydroxylation sites is 2. The molecule has 0 aliphatic heterocycles. The Morgan fingerprint density at radius 1 is 1.25 bits per heavy atom. The van der Waals surface area contributed by atoms with Gasteiger partial charge in [-0.3, -0.25) is 19.6 Å². The maximum absolute atomic E-state index is 12.4. The number of methoxy groups -OCH3 is 1. The molecule has 28 heavy (non-hydrogen) atoms. The molecule has 0 radical (unpaired) electrons. The lowest BCUT2D eigenvalue weighted by Gasteiger charge is -2.11. The minimum absolute atomic E-state index is 0.00266. The fourth-order valence-corrected chi connectivity index (χ4v) is 2.72. The zero-order valence-electron chi connectivity index (χ0n) is 14.9. The van der Waals surface area contributed by atoms with E-state index in [-0.39, 0.29) is 27.8 Å². The SMILES string of the molecule is COc1ccccc1Oc1cc(NC(=O)c2nn(C)cc2Cl)cc([N+](=O)[O-])c1. The van der Waals surface area contributed by atoms with E-state index >= 15 is 0 Å². The van der Waals surface area contributed by atoms with E-state index in [0.717, 1.165) is 0 Å². The average molecular weight is 403 g/mol. The molecule has 3 aromatic rings. The quantitative estimate of drug-likeness (QED) is 0.492. The van der Waals surface area contributed by atoms with Crippen molar-refractivity contribution in [2.45, 2.75) is 0 Å². The number of carbonyl (C=O) groups excluding carboxylic acids is 1. The molecule has 0 saturated heterocycles. The Morgan fingerprint density at radius 2 is 1.96 bits per heavy atom. The maximum atomic E-state index is 12.4. The molecule has 1 N–H and O–H groups in total. The second kappa shape index (κ2) is 7.97. The lowest BCUT2D eigenvalue weighted by Crippen LogP contribution is -2.13. The number of nitro benzene ring substituents is 1. The Hall–Kier alpha value is -3.59. The van der Waals surface area contributed by atoms with E-state index in [0.29, 0.717) is 11.5 Å². The van der Waals surface area contributed by atoms with Gasteiger partial charge in [0.05, 0.1) is 28.8 Å². The molecule has 0 aliphatic carbocycles. The summed E-state index contributed by atoms with van der Waals surface area (Å²) in [7, 11) is 3.10. The normalized spacial score (nSPS) is 10.4. The van der Waals surface area contributed by atoms with Crippen molar-refractivity contribution in [3.8, 4) is 17.2 Å². The van der Waals surface area contributed by atoms with Crippen molar-refractivity contribution in [2.24, 2.45) is 7.05 Å². The van der Waals surface area contributed by atoms with E-state index in [9.17, 15) is 14.9 Å².